The van der Waals surface area contributed by atoms with E-state index in [-0.39, 0.29) is 5.91 Å². The first-order valence-electron chi connectivity index (χ1n) is 6.83. The quantitative estimate of drug-likeness (QED) is 0.636. The lowest BCUT2D eigenvalue weighted by molar-refractivity contribution is -0.114. The number of nitrogens with zero attached hydrogens (tertiary/aromatic N) is 1. The molecule has 2 rings (SSSR count). The van der Waals surface area contributed by atoms with Crippen LogP contribution in [0, 0.1) is 0 Å². The highest BCUT2D eigenvalue weighted by atomic mass is 79.9. The summed E-state index contributed by atoms with van der Waals surface area (Å²) in [4.78, 5) is 16.3. The molecule has 0 bridgehead atoms. The van der Waals surface area contributed by atoms with Crippen LogP contribution in [0.1, 0.15) is 25.0 Å². The van der Waals surface area contributed by atoms with Crippen molar-refractivity contribution in [3.8, 4) is 0 Å². The minimum Gasteiger partial charge on any atom is -0.391 e. The molecule has 0 unspecified atom stereocenters. The number of halogens is 1. The van der Waals surface area contributed by atoms with Crippen molar-refractivity contribution in [2.75, 3.05) is 5.32 Å². The summed E-state index contributed by atoms with van der Waals surface area (Å²) >= 11 is 3.39. The number of carbonyl (C=O) groups excluding carboxylic acids is 1. The predicted octanol–water partition coefficient (Wildman–Crippen LogP) is 4.35. The Morgan fingerprint density at radius 3 is 2.32 bits per heavy atom. The Hall–Kier alpha value is -2.14. The van der Waals surface area contributed by atoms with Crippen molar-refractivity contribution >= 4 is 33.2 Å². The zero-order chi connectivity index (χ0) is 15.9. The third kappa shape index (κ3) is 5.00. The van der Waals surface area contributed by atoms with Crippen LogP contribution in [0.4, 0.5) is 5.69 Å². The number of anilines is 1. The largest absolute Gasteiger partial charge is 0.391 e. The lowest BCUT2D eigenvalue weighted by Gasteiger charge is -2.05. The van der Waals surface area contributed by atoms with Gasteiger partial charge in [0.1, 0.15) is 6.61 Å². The molecule has 0 saturated carbocycles. The molecule has 0 saturated heterocycles. The fourth-order valence-corrected chi connectivity index (χ4v) is 2.10. The maximum absolute atomic E-state index is 11.0. The smallest absolute Gasteiger partial charge is 0.221 e. The zero-order valence-electron chi connectivity index (χ0n) is 12.5. The van der Waals surface area contributed by atoms with Crippen LogP contribution in [-0.2, 0) is 16.2 Å². The Labute approximate surface area is 138 Å². The van der Waals surface area contributed by atoms with Gasteiger partial charge < -0.3 is 10.2 Å². The molecule has 2 aromatic carbocycles. The maximum atomic E-state index is 11.0. The van der Waals surface area contributed by atoms with Crippen molar-refractivity contribution in [3.63, 3.8) is 0 Å². The Morgan fingerprint density at radius 1 is 1.09 bits per heavy atom. The zero-order valence-corrected chi connectivity index (χ0v) is 14.1. The van der Waals surface area contributed by atoms with Crippen molar-refractivity contribution in [1.82, 2.24) is 0 Å². The van der Waals surface area contributed by atoms with E-state index in [0.717, 1.165) is 27.0 Å². The molecule has 0 aliphatic heterocycles. The standard InChI is InChI=1S/C17H17BrN2O2/c1-12(15-5-9-17(10-6-15)19-13(2)21)20-22-11-14-3-7-16(18)8-4-14/h3-10H,11H2,1-2H3,(H,19,21)/b20-12+. The number of amides is 1. The van der Waals surface area contributed by atoms with E-state index in [4.69, 9.17) is 4.84 Å². The van der Waals surface area contributed by atoms with Gasteiger partial charge in [-0.3, -0.25) is 4.79 Å². The molecule has 2 aromatic rings. The van der Waals surface area contributed by atoms with Gasteiger partial charge in [-0.15, -0.1) is 0 Å². The van der Waals surface area contributed by atoms with Gasteiger partial charge in [-0.1, -0.05) is 45.4 Å². The van der Waals surface area contributed by atoms with Crippen molar-refractivity contribution in [2.45, 2.75) is 20.5 Å². The van der Waals surface area contributed by atoms with Crippen molar-refractivity contribution in [1.29, 1.82) is 0 Å². The van der Waals surface area contributed by atoms with E-state index in [0.29, 0.717) is 6.61 Å². The Balaban J connectivity index is 1.93. The molecule has 0 heterocycles. The normalized spacial score (nSPS) is 11.1. The molecule has 22 heavy (non-hydrogen) atoms. The number of hydrogen-bond acceptors (Lipinski definition) is 3. The minimum atomic E-state index is -0.0871. The molecule has 0 fully saturated rings. The van der Waals surface area contributed by atoms with Gasteiger partial charge in [0.2, 0.25) is 5.91 Å². The van der Waals surface area contributed by atoms with Crippen LogP contribution in [0.2, 0.25) is 0 Å². The molecule has 0 aromatic heterocycles. The van der Waals surface area contributed by atoms with Crippen LogP contribution >= 0.6 is 15.9 Å². The second-order valence-corrected chi connectivity index (χ2v) is 5.75. The summed E-state index contributed by atoms with van der Waals surface area (Å²) in [6.07, 6.45) is 0. The fraction of sp³-hybridized carbons (Fsp3) is 0.176. The average Bonchev–Trinajstić information content (AvgIpc) is 2.49. The first kappa shape index (κ1) is 16.2. The summed E-state index contributed by atoms with van der Waals surface area (Å²) in [6.45, 7) is 3.79. The number of nitrogens with one attached hydrogen (secondary N) is 1. The monoisotopic (exact) mass is 360 g/mol. The molecule has 0 aliphatic carbocycles. The summed E-state index contributed by atoms with van der Waals surface area (Å²) in [5.41, 5.74) is 3.55. The molecular formula is C17H17BrN2O2. The summed E-state index contributed by atoms with van der Waals surface area (Å²) in [5.74, 6) is -0.0871. The van der Waals surface area contributed by atoms with Gasteiger partial charge in [-0.2, -0.15) is 0 Å². The van der Waals surface area contributed by atoms with Crippen molar-refractivity contribution in [2.24, 2.45) is 5.16 Å². The molecular weight excluding hydrogens is 344 g/mol. The van der Waals surface area contributed by atoms with E-state index >= 15 is 0 Å². The van der Waals surface area contributed by atoms with Crippen molar-refractivity contribution in [3.05, 3.63) is 64.1 Å². The Bertz CT molecular complexity index is 664. The van der Waals surface area contributed by atoms with Crippen LogP contribution in [-0.4, -0.2) is 11.6 Å². The summed E-state index contributed by atoms with van der Waals surface area (Å²) < 4.78 is 1.04. The van der Waals surface area contributed by atoms with Crippen molar-refractivity contribution < 1.29 is 9.63 Å². The minimum absolute atomic E-state index is 0.0871. The molecule has 5 heteroatoms. The highest BCUT2D eigenvalue weighted by Crippen LogP contribution is 2.13. The topological polar surface area (TPSA) is 50.7 Å². The summed E-state index contributed by atoms with van der Waals surface area (Å²) in [7, 11) is 0. The summed E-state index contributed by atoms with van der Waals surface area (Å²) in [6, 6.07) is 15.4. The van der Waals surface area contributed by atoms with E-state index in [1.54, 1.807) is 0 Å². The second-order valence-electron chi connectivity index (χ2n) is 4.84. The first-order valence-corrected chi connectivity index (χ1v) is 7.63. The van der Waals surface area contributed by atoms with Crippen LogP contribution in [0.15, 0.2) is 58.2 Å². The van der Waals surface area contributed by atoms with Gasteiger partial charge in [0, 0.05) is 17.1 Å². The molecule has 0 radical (unpaired) electrons. The van der Waals surface area contributed by atoms with E-state index in [1.807, 2.05) is 55.5 Å². The fourth-order valence-electron chi connectivity index (χ4n) is 1.83. The molecule has 1 amide bonds. The third-order valence-electron chi connectivity index (χ3n) is 2.97. The molecule has 4 nitrogen and oxygen atoms in total. The van der Waals surface area contributed by atoms with E-state index in [9.17, 15) is 4.79 Å². The van der Waals surface area contributed by atoms with E-state index < -0.39 is 0 Å². The summed E-state index contributed by atoms with van der Waals surface area (Å²) in [5, 5.41) is 6.85. The van der Waals surface area contributed by atoms with Gasteiger partial charge in [-0.05, 0) is 42.3 Å². The Morgan fingerprint density at radius 2 is 1.73 bits per heavy atom. The van der Waals surface area contributed by atoms with Crippen LogP contribution in [0.3, 0.4) is 0 Å². The van der Waals surface area contributed by atoms with Gasteiger partial charge >= 0.3 is 0 Å². The lowest BCUT2D eigenvalue weighted by Crippen LogP contribution is -2.06. The van der Waals surface area contributed by atoms with E-state index in [1.165, 1.54) is 6.92 Å². The number of oxime groups is 1. The van der Waals surface area contributed by atoms with Crippen LogP contribution in [0.25, 0.3) is 0 Å². The van der Waals surface area contributed by atoms with Crippen LogP contribution < -0.4 is 5.32 Å². The van der Waals surface area contributed by atoms with Gasteiger partial charge in [0.15, 0.2) is 0 Å². The number of carbonyl (C=O) groups is 1. The molecule has 1 N–H and O–H groups in total. The van der Waals surface area contributed by atoms with Gasteiger partial charge in [-0.25, -0.2) is 0 Å². The van der Waals surface area contributed by atoms with Gasteiger partial charge in [0.05, 0.1) is 5.71 Å². The average molecular weight is 361 g/mol. The SMILES string of the molecule is CC(=O)Nc1ccc(/C(C)=N/OCc2ccc(Br)cc2)cc1. The predicted molar refractivity (Wildman–Crippen MR) is 91.9 cm³/mol. The maximum Gasteiger partial charge on any atom is 0.221 e. The number of rotatable bonds is 5. The highest BCUT2D eigenvalue weighted by Gasteiger charge is 2.00. The molecule has 0 atom stereocenters. The highest BCUT2D eigenvalue weighted by molar-refractivity contribution is 9.10. The lowest BCUT2D eigenvalue weighted by atomic mass is 10.1. The Kier molecular flexibility index (Phi) is 5.72. The van der Waals surface area contributed by atoms with E-state index in [2.05, 4.69) is 26.4 Å². The third-order valence-corrected chi connectivity index (χ3v) is 3.50. The molecule has 114 valence electrons. The number of hydrogen-bond donors (Lipinski definition) is 1. The molecule has 0 spiro atoms. The second kappa shape index (κ2) is 7.75. The van der Waals surface area contributed by atoms with Crippen LogP contribution in [0.5, 0.6) is 0 Å². The number of benzene rings is 2. The molecule has 0 aliphatic rings. The first-order chi connectivity index (χ1) is 10.5. The van der Waals surface area contributed by atoms with Gasteiger partial charge in [0.25, 0.3) is 0 Å².